The van der Waals surface area contributed by atoms with E-state index < -0.39 is 5.54 Å². The van der Waals surface area contributed by atoms with Gasteiger partial charge in [0.15, 0.2) is 0 Å². The molecule has 0 aliphatic carbocycles. The van der Waals surface area contributed by atoms with Gasteiger partial charge in [-0.2, -0.15) is 0 Å². The third-order valence-electron chi connectivity index (χ3n) is 6.85. The lowest BCUT2D eigenvalue weighted by atomic mass is 9.94. The average Bonchev–Trinajstić information content (AvgIpc) is 2.92. The molecule has 142 valence electrons. The van der Waals surface area contributed by atoms with Gasteiger partial charge in [0.2, 0.25) is 11.8 Å². The minimum atomic E-state index is -0.689. The van der Waals surface area contributed by atoms with Gasteiger partial charge in [0.1, 0.15) is 18.0 Å². The number of aromatic nitrogens is 2. The minimum Gasteiger partial charge on any atom is -0.475 e. The number of rotatable bonds is 1. The lowest BCUT2D eigenvalue weighted by Crippen LogP contribution is -2.69. The summed E-state index contributed by atoms with van der Waals surface area (Å²) in [5.74, 6) is 1.24. The van der Waals surface area contributed by atoms with Crippen LogP contribution in [-0.2, 0) is 4.79 Å². The first-order valence-corrected chi connectivity index (χ1v) is 9.57. The Kier molecular flexibility index (Phi) is 3.30. The lowest BCUT2D eigenvalue weighted by Gasteiger charge is -2.44. The van der Waals surface area contributed by atoms with Gasteiger partial charge in [-0.05, 0) is 51.7 Å². The number of amides is 1. The summed E-state index contributed by atoms with van der Waals surface area (Å²) >= 11 is 0. The van der Waals surface area contributed by atoms with Gasteiger partial charge >= 0.3 is 0 Å². The first kappa shape index (κ1) is 16.7. The summed E-state index contributed by atoms with van der Waals surface area (Å²) in [4.78, 5) is 24.2. The number of nitrogens with zero attached hydrogens (tertiary/aromatic N) is 3. The van der Waals surface area contributed by atoms with Crippen molar-refractivity contribution >= 4 is 22.5 Å². The molecule has 0 aromatic carbocycles. The number of ether oxygens (including phenoxy) is 1. The van der Waals surface area contributed by atoms with Crippen LogP contribution in [0.15, 0.2) is 0 Å². The Morgan fingerprint density at radius 3 is 2.59 bits per heavy atom. The van der Waals surface area contributed by atoms with Crippen LogP contribution in [0.3, 0.4) is 0 Å². The molecule has 0 saturated carbocycles. The normalized spacial score (nSPS) is 28.7. The number of anilines is 1. The fourth-order valence-electron chi connectivity index (χ4n) is 5.05. The number of carbonyl (C=O) groups excluding carboxylic acids is 1. The third kappa shape index (κ3) is 2.09. The predicted octanol–water partition coefficient (Wildman–Crippen LogP) is 1.42. The van der Waals surface area contributed by atoms with Crippen LogP contribution >= 0.6 is 0 Å². The summed E-state index contributed by atoms with van der Waals surface area (Å²) in [6.45, 7) is 9.31. The largest absolute Gasteiger partial charge is 0.475 e. The molecule has 0 radical (unpaired) electrons. The standard InChI is InChI=1S/C20H25N5O2/c1-9-11(3)22-17-16-15(9)10(2)12(4)23-18(16)27-7-14-13-5-6-20(24-13,19(21)26)8-25(14)17/h13-14,24H,5-8H2,1-4H3,(H2,21,26). The first-order chi connectivity index (χ1) is 12.8. The summed E-state index contributed by atoms with van der Waals surface area (Å²) in [6, 6.07) is 0.258. The van der Waals surface area contributed by atoms with E-state index in [9.17, 15) is 4.79 Å². The van der Waals surface area contributed by atoms with Crippen LogP contribution < -0.4 is 20.7 Å². The van der Waals surface area contributed by atoms with E-state index in [1.54, 1.807) is 0 Å². The molecule has 5 heterocycles. The van der Waals surface area contributed by atoms with E-state index in [0.29, 0.717) is 19.0 Å². The van der Waals surface area contributed by atoms with Crippen molar-refractivity contribution in [2.24, 2.45) is 5.73 Å². The number of hydrogen-bond donors (Lipinski definition) is 2. The minimum absolute atomic E-state index is 0.104. The van der Waals surface area contributed by atoms with Crippen LogP contribution in [0.1, 0.15) is 35.4 Å². The molecule has 0 spiro atoms. The molecule has 3 atom stereocenters. The Labute approximate surface area is 158 Å². The molecule has 7 heteroatoms. The van der Waals surface area contributed by atoms with Crippen molar-refractivity contribution in [3.05, 3.63) is 22.5 Å². The Morgan fingerprint density at radius 2 is 1.89 bits per heavy atom. The van der Waals surface area contributed by atoms with Crippen molar-refractivity contribution in [2.75, 3.05) is 18.1 Å². The zero-order valence-corrected chi connectivity index (χ0v) is 16.2. The molecule has 2 aromatic rings. The van der Waals surface area contributed by atoms with Gasteiger partial charge in [0.05, 0.1) is 11.4 Å². The van der Waals surface area contributed by atoms with Crippen molar-refractivity contribution in [1.29, 1.82) is 0 Å². The molecule has 2 saturated heterocycles. The van der Waals surface area contributed by atoms with E-state index in [4.69, 9.17) is 20.4 Å². The fraction of sp³-hybridized carbons (Fsp3) is 0.550. The quantitative estimate of drug-likeness (QED) is 0.792. The maximum Gasteiger partial charge on any atom is 0.239 e. The molecule has 7 nitrogen and oxygen atoms in total. The highest BCUT2D eigenvalue weighted by molar-refractivity contribution is 6.01. The van der Waals surface area contributed by atoms with E-state index in [0.717, 1.165) is 46.6 Å². The first-order valence-electron chi connectivity index (χ1n) is 9.57. The van der Waals surface area contributed by atoms with Crippen molar-refractivity contribution in [3.63, 3.8) is 0 Å². The van der Waals surface area contributed by atoms with Crippen LogP contribution in [0.5, 0.6) is 5.88 Å². The summed E-state index contributed by atoms with van der Waals surface area (Å²) in [5, 5.41) is 5.62. The molecule has 5 rings (SSSR count). The molecule has 3 aliphatic rings. The fourth-order valence-corrected chi connectivity index (χ4v) is 5.05. The maximum absolute atomic E-state index is 12.3. The number of fused-ring (bicyclic) bond motifs is 5. The second kappa shape index (κ2) is 5.32. The van der Waals surface area contributed by atoms with Gasteiger partial charge in [0.25, 0.3) is 0 Å². The Bertz CT molecular complexity index is 996. The molecule has 3 unspecified atom stereocenters. The highest BCUT2D eigenvalue weighted by Crippen LogP contribution is 2.44. The molecule has 2 aromatic heterocycles. The van der Waals surface area contributed by atoms with E-state index in [-0.39, 0.29) is 18.0 Å². The zero-order valence-electron chi connectivity index (χ0n) is 16.2. The molecule has 1 amide bonds. The topological polar surface area (TPSA) is 93.4 Å². The van der Waals surface area contributed by atoms with Gasteiger partial charge in [0, 0.05) is 29.4 Å². The number of carbonyl (C=O) groups is 1. The highest BCUT2D eigenvalue weighted by atomic mass is 16.5. The Balaban J connectivity index is 1.80. The van der Waals surface area contributed by atoms with Crippen molar-refractivity contribution < 1.29 is 9.53 Å². The third-order valence-corrected chi connectivity index (χ3v) is 6.85. The van der Waals surface area contributed by atoms with Crippen molar-refractivity contribution in [2.45, 2.75) is 58.2 Å². The van der Waals surface area contributed by atoms with E-state index >= 15 is 0 Å². The molecule has 3 N–H and O–H groups in total. The number of nitrogens with one attached hydrogen (secondary N) is 1. The zero-order chi connectivity index (χ0) is 19.1. The number of nitrogens with two attached hydrogens (primary N) is 1. The van der Waals surface area contributed by atoms with Crippen molar-refractivity contribution in [3.8, 4) is 5.88 Å². The van der Waals surface area contributed by atoms with Gasteiger partial charge in [-0.1, -0.05) is 0 Å². The van der Waals surface area contributed by atoms with Gasteiger partial charge < -0.3 is 15.4 Å². The summed E-state index contributed by atoms with van der Waals surface area (Å²) in [5.41, 5.74) is 9.39. The van der Waals surface area contributed by atoms with Crippen LogP contribution in [0.4, 0.5) is 5.82 Å². The van der Waals surface area contributed by atoms with E-state index in [1.807, 2.05) is 13.8 Å². The average molecular weight is 367 g/mol. The Hall–Kier alpha value is -2.41. The Morgan fingerprint density at radius 1 is 1.19 bits per heavy atom. The molecule has 3 aliphatic heterocycles. The number of piperazine rings is 1. The van der Waals surface area contributed by atoms with Gasteiger partial charge in [-0.25, -0.2) is 9.97 Å². The summed E-state index contributed by atoms with van der Waals surface area (Å²) in [6.07, 6.45) is 1.66. The number of aryl methyl sites for hydroxylation is 4. The van der Waals surface area contributed by atoms with E-state index in [2.05, 4.69) is 24.1 Å². The molecule has 2 fully saturated rings. The summed E-state index contributed by atoms with van der Waals surface area (Å²) in [7, 11) is 0. The van der Waals surface area contributed by atoms with Crippen LogP contribution in [0.25, 0.3) is 10.8 Å². The van der Waals surface area contributed by atoms with Gasteiger partial charge in [-0.15, -0.1) is 0 Å². The number of pyridine rings is 2. The second-order valence-electron chi connectivity index (χ2n) is 8.27. The smallest absolute Gasteiger partial charge is 0.239 e. The molecular weight excluding hydrogens is 342 g/mol. The predicted molar refractivity (Wildman–Crippen MR) is 103 cm³/mol. The summed E-state index contributed by atoms with van der Waals surface area (Å²) < 4.78 is 6.22. The van der Waals surface area contributed by atoms with Crippen LogP contribution in [-0.4, -0.2) is 46.6 Å². The maximum atomic E-state index is 12.3. The molecular formula is C20H25N5O2. The van der Waals surface area contributed by atoms with Crippen molar-refractivity contribution in [1.82, 2.24) is 15.3 Å². The van der Waals surface area contributed by atoms with Gasteiger partial charge in [-0.3, -0.25) is 10.1 Å². The second-order valence-corrected chi connectivity index (χ2v) is 8.27. The van der Waals surface area contributed by atoms with Crippen LogP contribution in [0, 0.1) is 27.7 Å². The highest BCUT2D eigenvalue weighted by Gasteiger charge is 2.54. The lowest BCUT2D eigenvalue weighted by molar-refractivity contribution is -0.124. The monoisotopic (exact) mass is 367 g/mol. The molecule has 2 bridgehead atoms. The van der Waals surface area contributed by atoms with E-state index in [1.165, 1.54) is 5.39 Å². The van der Waals surface area contributed by atoms with Crippen LogP contribution in [0.2, 0.25) is 0 Å². The SMILES string of the molecule is Cc1nc2c3c(nc(C)c(C)c3c1C)N1CC3(C(N)=O)CCC(N3)C1CO2. The number of primary amides is 1. The number of hydrogen-bond acceptors (Lipinski definition) is 6. The molecule has 27 heavy (non-hydrogen) atoms.